The van der Waals surface area contributed by atoms with E-state index in [0.717, 1.165) is 24.9 Å². The van der Waals surface area contributed by atoms with Crippen LogP contribution in [-0.4, -0.2) is 80.4 Å². The van der Waals surface area contributed by atoms with Crippen molar-refractivity contribution in [2.45, 2.75) is 74.5 Å². The van der Waals surface area contributed by atoms with Crippen LogP contribution in [0.15, 0.2) is 55.6 Å². The minimum atomic E-state index is -0.680. The number of amides is 3. The number of fused-ring (bicyclic) bond motifs is 1. The van der Waals surface area contributed by atoms with Gasteiger partial charge in [-0.1, -0.05) is 43.7 Å². The zero-order valence-corrected chi connectivity index (χ0v) is 24.4. The van der Waals surface area contributed by atoms with Crippen LogP contribution in [0, 0.1) is 11.8 Å². The third-order valence-corrected chi connectivity index (χ3v) is 10.8. The lowest BCUT2D eigenvalue weighted by atomic mass is 9.66. The minimum absolute atomic E-state index is 0.00326. The van der Waals surface area contributed by atoms with Crippen LogP contribution in [0.1, 0.15) is 52.9 Å². The molecule has 3 aliphatic rings. The van der Waals surface area contributed by atoms with E-state index in [1.165, 1.54) is 0 Å². The highest BCUT2D eigenvalue weighted by atomic mass is 32.2. The lowest BCUT2D eigenvalue weighted by Crippen LogP contribution is -2.56. The molecule has 8 heteroatoms. The van der Waals surface area contributed by atoms with Gasteiger partial charge in [0.2, 0.25) is 17.7 Å². The Morgan fingerprint density at radius 3 is 2.49 bits per heavy atom. The summed E-state index contributed by atoms with van der Waals surface area (Å²) in [4.78, 5) is 48.4. The van der Waals surface area contributed by atoms with E-state index < -0.39 is 27.4 Å². The molecule has 1 N–H and O–H groups in total. The first-order valence-electron chi connectivity index (χ1n) is 14.2. The lowest BCUT2D eigenvalue weighted by Gasteiger charge is -2.39. The topological polar surface area (TPSA) is 81.2 Å². The summed E-state index contributed by atoms with van der Waals surface area (Å²) in [6.07, 6.45) is 7.10. The molecule has 1 aromatic rings. The summed E-state index contributed by atoms with van der Waals surface area (Å²) in [5, 5.41) is 9.64. The second-order valence-corrected chi connectivity index (χ2v) is 13.2. The molecule has 0 saturated carbocycles. The molecule has 3 unspecified atom stereocenters. The van der Waals surface area contributed by atoms with Crippen molar-refractivity contribution in [2.24, 2.45) is 11.8 Å². The summed E-state index contributed by atoms with van der Waals surface area (Å²) in [7, 11) is 0. The van der Waals surface area contributed by atoms with Crippen molar-refractivity contribution in [3.05, 3.63) is 55.6 Å². The fourth-order valence-electron chi connectivity index (χ4n) is 7.15. The number of rotatable bonds is 13. The van der Waals surface area contributed by atoms with Gasteiger partial charge in [0.15, 0.2) is 0 Å². The SMILES string of the molecule is C=CCN(C(=O)[C@H]1[C@H]2C(=O)N(CCCO)C(C(=O)N(CC=C)C(C)CCC)C23CC[C@]1(C)S3)c1ccccc1. The van der Waals surface area contributed by atoms with Crippen molar-refractivity contribution < 1.29 is 19.5 Å². The molecule has 3 saturated heterocycles. The summed E-state index contributed by atoms with van der Waals surface area (Å²) in [6, 6.07) is 8.84. The highest BCUT2D eigenvalue weighted by Crippen LogP contribution is 2.71. The highest BCUT2D eigenvalue weighted by molar-refractivity contribution is 8.02. The summed E-state index contributed by atoms with van der Waals surface area (Å²) in [5.74, 6) is -1.44. The maximum Gasteiger partial charge on any atom is 0.247 e. The van der Waals surface area contributed by atoms with Crippen molar-refractivity contribution in [2.75, 3.05) is 31.1 Å². The van der Waals surface area contributed by atoms with E-state index in [2.05, 4.69) is 33.9 Å². The number of anilines is 1. The molecule has 1 aromatic carbocycles. The molecule has 7 nitrogen and oxygen atoms in total. The van der Waals surface area contributed by atoms with E-state index in [9.17, 15) is 19.5 Å². The van der Waals surface area contributed by atoms with Gasteiger partial charge < -0.3 is 19.8 Å². The quantitative estimate of drug-likeness (QED) is 0.369. The smallest absolute Gasteiger partial charge is 0.247 e. The third-order valence-electron chi connectivity index (χ3n) is 8.83. The van der Waals surface area contributed by atoms with E-state index in [0.29, 0.717) is 32.5 Å². The largest absolute Gasteiger partial charge is 0.396 e. The van der Waals surface area contributed by atoms with Gasteiger partial charge in [0.1, 0.15) is 6.04 Å². The van der Waals surface area contributed by atoms with Gasteiger partial charge in [0, 0.05) is 42.7 Å². The molecule has 0 radical (unpaired) electrons. The molecule has 1 spiro atoms. The molecule has 3 amide bonds. The minimum Gasteiger partial charge on any atom is -0.396 e. The first kappa shape index (κ1) is 29.4. The van der Waals surface area contributed by atoms with Gasteiger partial charge in [0.05, 0.1) is 16.6 Å². The van der Waals surface area contributed by atoms with Gasteiger partial charge in [-0.15, -0.1) is 24.9 Å². The first-order chi connectivity index (χ1) is 18.7. The molecule has 3 aliphatic heterocycles. The Hall–Kier alpha value is -2.58. The van der Waals surface area contributed by atoms with Crippen LogP contribution in [0.4, 0.5) is 5.69 Å². The number of benzene rings is 1. The number of aliphatic hydroxyl groups excluding tert-OH is 1. The van der Waals surface area contributed by atoms with Crippen molar-refractivity contribution in [3.8, 4) is 0 Å². The summed E-state index contributed by atoms with van der Waals surface area (Å²) in [5.41, 5.74) is 0.772. The molecule has 3 heterocycles. The molecule has 212 valence electrons. The Bertz CT molecular complexity index is 1100. The van der Waals surface area contributed by atoms with Crippen LogP contribution in [0.25, 0.3) is 0 Å². The van der Waals surface area contributed by atoms with Gasteiger partial charge >= 0.3 is 0 Å². The van der Waals surface area contributed by atoms with Crippen molar-refractivity contribution in [1.82, 2.24) is 9.80 Å². The molecule has 2 bridgehead atoms. The Morgan fingerprint density at radius 1 is 1.18 bits per heavy atom. The number of carbonyl (C=O) groups is 3. The Balaban J connectivity index is 1.78. The van der Waals surface area contributed by atoms with E-state index in [-0.39, 0.29) is 30.4 Å². The summed E-state index contributed by atoms with van der Waals surface area (Å²) < 4.78 is -1.13. The van der Waals surface area contributed by atoms with Gasteiger partial charge in [0.25, 0.3) is 0 Å². The van der Waals surface area contributed by atoms with Crippen molar-refractivity contribution in [3.63, 3.8) is 0 Å². The molecule has 39 heavy (non-hydrogen) atoms. The average molecular weight is 554 g/mol. The molecule has 6 atom stereocenters. The Labute approximate surface area is 237 Å². The number of para-hydroxylation sites is 1. The number of nitrogens with zero attached hydrogens (tertiary/aromatic N) is 3. The highest BCUT2D eigenvalue weighted by Gasteiger charge is 2.77. The fraction of sp³-hybridized carbons (Fsp3) is 0.581. The second-order valence-electron chi connectivity index (χ2n) is 11.3. The number of carbonyl (C=O) groups excluding carboxylic acids is 3. The second kappa shape index (κ2) is 11.9. The lowest BCUT2D eigenvalue weighted by molar-refractivity contribution is -0.144. The van der Waals surface area contributed by atoms with Gasteiger partial charge in [-0.2, -0.15) is 0 Å². The molecular formula is C31H43N3O4S. The fourth-order valence-corrected chi connectivity index (χ4v) is 9.49. The first-order valence-corrected chi connectivity index (χ1v) is 15.0. The van der Waals surface area contributed by atoms with E-state index in [1.54, 1.807) is 33.7 Å². The van der Waals surface area contributed by atoms with E-state index >= 15 is 0 Å². The average Bonchev–Trinajstić information content (AvgIpc) is 3.49. The Morgan fingerprint density at radius 2 is 1.87 bits per heavy atom. The predicted octanol–water partition coefficient (Wildman–Crippen LogP) is 4.27. The normalized spacial score (nSPS) is 29.7. The maximum atomic E-state index is 14.4. The van der Waals surface area contributed by atoms with Crippen molar-refractivity contribution >= 4 is 35.2 Å². The van der Waals surface area contributed by atoms with Crippen LogP contribution in [-0.2, 0) is 14.4 Å². The standard InChI is InChI=1S/C31H43N3O4S/c1-6-13-22(4)32(18-7-2)29(38)26-31-17-16-30(5,39-31)24(25(31)28(37)34(26)20-12-21-35)27(36)33(19-8-3)23-14-10-9-11-15-23/h7-11,14-15,22,24-26,35H,2-3,6,12-13,16-21H2,1,4-5H3/t22?,24-,25+,26?,30+,31?/m1/s1. The molecule has 0 aromatic heterocycles. The molecule has 4 rings (SSSR count). The van der Waals surface area contributed by atoms with Gasteiger partial charge in [-0.05, 0) is 51.7 Å². The van der Waals surface area contributed by atoms with Gasteiger partial charge in [-0.3, -0.25) is 14.4 Å². The third kappa shape index (κ3) is 4.95. The van der Waals surface area contributed by atoms with Gasteiger partial charge in [-0.25, -0.2) is 0 Å². The summed E-state index contributed by atoms with van der Waals surface area (Å²) >= 11 is 1.69. The van der Waals surface area contributed by atoms with Crippen LogP contribution in [0.5, 0.6) is 0 Å². The van der Waals surface area contributed by atoms with Crippen LogP contribution in [0.3, 0.4) is 0 Å². The predicted molar refractivity (Wildman–Crippen MR) is 157 cm³/mol. The van der Waals surface area contributed by atoms with Crippen molar-refractivity contribution in [1.29, 1.82) is 0 Å². The van der Waals surface area contributed by atoms with Crippen LogP contribution >= 0.6 is 11.8 Å². The van der Waals surface area contributed by atoms with E-state index in [1.807, 2.05) is 35.2 Å². The zero-order valence-electron chi connectivity index (χ0n) is 23.6. The molecular weight excluding hydrogens is 510 g/mol. The molecule has 0 aliphatic carbocycles. The number of thioether (sulfide) groups is 1. The molecule has 3 fully saturated rings. The van der Waals surface area contributed by atoms with Crippen LogP contribution in [0.2, 0.25) is 0 Å². The van der Waals surface area contributed by atoms with E-state index in [4.69, 9.17) is 0 Å². The number of likely N-dealkylation sites (tertiary alicyclic amines) is 1. The monoisotopic (exact) mass is 553 g/mol. The maximum absolute atomic E-state index is 14.4. The number of aliphatic hydroxyl groups is 1. The summed E-state index contributed by atoms with van der Waals surface area (Å²) in [6.45, 7) is 15.0. The zero-order chi connectivity index (χ0) is 28.4. The Kier molecular flexibility index (Phi) is 8.96. The van der Waals surface area contributed by atoms with Crippen LogP contribution < -0.4 is 4.90 Å². The number of hydrogen-bond acceptors (Lipinski definition) is 5. The number of hydrogen-bond donors (Lipinski definition) is 1.